The van der Waals surface area contributed by atoms with E-state index in [0.29, 0.717) is 0 Å². The van der Waals surface area contributed by atoms with E-state index in [2.05, 4.69) is 0 Å². The molecule has 0 aromatic carbocycles. The van der Waals surface area contributed by atoms with Gasteiger partial charge in [-0.2, -0.15) is 0 Å². The summed E-state index contributed by atoms with van der Waals surface area (Å²) >= 11 is 0. The molecule has 0 N–H and O–H groups in total. The monoisotopic (exact) mass is 160 g/mol. The molecule has 5 aliphatic rings. The Kier molecular flexibility index (Phi) is 0.663. The van der Waals surface area contributed by atoms with Gasteiger partial charge in [-0.25, -0.2) is 0 Å². The van der Waals surface area contributed by atoms with Gasteiger partial charge in [0.2, 0.25) is 0 Å². The second-order valence-corrected chi connectivity index (χ2v) is 6.12. The third-order valence-electron chi connectivity index (χ3n) is 6.52. The van der Waals surface area contributed by atoms with Crippen LogP contribution in [0.25, 0.3) is 0 Å². The van der Waals surface area contributed by atoms with Crippen LogP contribution in [-0.4, -0.2) is 0 Å². The molecule has 4 unspecified atom stereocenters. The molecule has 4 atom stereocenters. The second-order valence-electron chi connectivity index (χ2n) is 6.12. The summed E-state index contributed by atoms with van der Waals surface area (Å²) in [7, 11) is 0. The number of hydrogen-bond acceptors (Lipinski definition) is 0. The van der Waals surface area contributed by atoms with E-state index in [9.17, 15) is 0 Å². The van der Waals surface area contributed by atoms with Crippen molar-refractivity contribution in [1.29, 1.82) is 0 Å². The lowest BCUT2D eigenvalue weighted by molar-refractivity contribution is -0.360. The van der Waals surface area contributed by atoms with E-state index in [1.807, 2.05) is 0 Å². The van der Waals surface area contributed by atoms with Crippen LogP contribution < -0.4 is 0 Å². The molecular formula is C12H16. The van der Waals surface area contributed by atoms with Crippen LogP contribution in [0.4, 0.5) is 0 Å². The molecule has 5 saturated carbocycles. The Hall–Kier alpha value is 0. The highest BCUT2D eigenvalue weighted by molar-refractivity contribution is 5.25. The van der Waals surface area contributed by atoms with Gasteiger partial charge < -0.3 is 0 Å². The topological polar surface area (TPSA) is 0 Å². The summed E-state index contributed by atoms with van der Waals surface area (Å²) in [6.07, 6.45) is 6.47. The first-order chi connectivity index (χ1) is 5.97. The molecule has 0 aromatic heterocycles. The Balaban J connectivity index is 1.53. The summed E-state index contributed by atoms with van der Waals surface area (Å²) in [5, 5.41) is 0. The van der Waals surface area contributed by atoms with Crippen LogP contribution in [0.3, 0.4) is 0 Å². The highest BCUT2D eigenvalue weighted by Gasteiger charge is 2.77. The summed E-state index contributed by atoms with van der Waals surface area (Å²) in [5.41, 5.74) is 0. The summed E-state index contributed by atoms with van der Waals surface area (Å²) in [4.78, 5) is 0. The van der Waals surface area contributed by atoms with Gasteiger partial charge in [0.15, 0.2) is 0 Å². The van der Waals surface area contributed by atoms with Crippen molar-refractivity contribution in [3.8, 4) is 0 Å². The van der Waals surface area contributed by atoms with Crippen LogP contribution in [-0.2, 0) is 0 Å². The highest BCUT2D eigenvalue weighted by Crippen LogP contribution is 2.83. The van der Waals surface area contributed by atoms with Crippen LogP contribution in [0.1, 0.15) is 25.7 Å². The second kappa shape index (κ2) is 1.40. The Morgan fingerprint density at radius 3 is 0.833 bits per heavy atom. The fourth-order valence-electron chi connectivity index (χ4n) is 5.89. The van der Waals surface area contributed by atoms with Crippen molar-refractivity contribution in [2.24, 2.45) is 47.3 Å². The van der Waals surface area contributed by atoms with Crippen LogP contribution >= 0.6 is 0 Å². The molecule has 0 heterocycles. The fraction of sp³-hybridized carbons (Fsp3) is 1.00. The first-order valence-corrected chi connectivity index (χ1v) is 5.97. The molecule has 5 fully saturated rings. The molecule has 0 nitrogen and oxygen atoms in total. The molecule has 0 aliphatic heterocycles. The molecule has 5 rings (SSSR count). The molecule has 12 heavy (non-hydrogen) atoms. The van der Waals surface area contributed by atoms with Gasteiger partial charge >= 0.3 is 0 Å². The predicted octanol–water partition coefficient (Wildman–Crippen LogP) is 2.54. The molecule has 0 heteroatoms. The van der Waals surface area contributed by atoms with Crippen molar-refractivity contribution >= 4 is 0 Å². The van der Waals surface area contributed by atoms with E-state index < -0.39 is 0 Å². The van der Waals surface area contributed by atoms with E-state index in [1.54, 1.807) is 25.7 Å². The standard InChI is InChI=1S/C12H16/c1-2-6-5(1)9-10(6)12-8-4-3-7(8)11(9)12/h5-12H,1-4H2. The Morgan fingerprint density at radius 2 is 0.667 bits per heavy atom. The predicted molar refractivity (Wildman–Crippen MR) is 46.4 cm³/mol. The zero-order valence-electron chi connectivity index (χ0n) is 7.45. The van der Waals surface area contributed by atoms with Gasteiger partial charge in [-0.3, -0.25) is 0 Å². The molecule has 0 spiro atoms. The van der Waals surface area contributed by atoms with Gasteiger partial charge in [-0.1, -0.05) is 0 Å². The fourth-order valence-corrected chi connectivity index (χ4v) is 5.89. The number of hydrogen-bond donors (Lipinski definition) is 0. The summed E-state index contributed by atoms with van der Waals surface area (Å²) in [6.45, 7) is 0. The van der Waals surface area contributed by atoms with E-state index in [1.165, 1.54) is 47.3 Å². The van der Waals surface area contributed by atoms with Gasteiger partial charge in [-0.15, -0.1) is 0 Å². The van der Waals surface area contributed by atoms with E-state index in [-0.39, 0.29) is 0 Å². The van der Waals surface area contributed by atoms with Crippen molar-refractivity contribution < 1.29 is 0 Å². The van der Waals surface area contributed by atoms with Gasteiger partial charge in [0.05, 0.1) is 0 Å². The minimum Gasteiger partial charge on any atom is -0.0496 e. The molecule has 0 amide bonds. The van der Waals surface area contributed by atoms with Crippen LogP contribution in [0.2, 0.25) is 0 Å². The molecule has 0 saturated heterocycles. The molecule has 64 valence electrons. The molecular weight excluding hydrogens is 144 g/mol. The Bertz CT molecular complexity index is 205. The maximum Gasteiger partial charge on any atom is -0.0315 e. The molecule has 5 aliphatic carbocycles. The zero-order valence-corrected chi connectivity index (χ0v) is 7.45. The third kappa shape index (κ3) is 0.324. The SMILES string of the molecule is C1CC2C1C1C2C2C3CCC3C12. The Morgan fingerprint density at radius 1 is 0.417 bits per heavy atom. The Labute approximate surface area is 73.7 Å². The average Bonchev–Trinajstić information content (AvgIpc) is 1.99. The van der Waals surface area contributed by atoms with Crippen LogP contribution in [0.5, 0.6) is 0 Å². The molecule has 0 aromatic rings. The lowest BCUT2D eigenvalue weighted by Gasteiger charge is -2.83. The van der Waals surface area contributed by atoms with Crippen LogP contribution in [0.15, 0.2) is 0 Å². The van der Waals surface area contributed by atoms with E-state index in [0.717, 1.165) is 0 Å². The smallest absolute Gasteiger partial charge is 0.0315 e. The van der Waals surface area contributed by atoms with E-state index >= 15 is 0 Å². The summed E-state index contributed by atoms with van der Waals surface area (Å²) < 4.78 is 0. The molecule has 0 radical (unpaired) electrons. The highest BCUT2D eigenvalue weighted by atomic mass is 14.8. The maximum absolute atomic E-state index is 1.62. The van der Waals surface area contributed by atoms with Gasteiger partial charge in [0, 0.05) is 0 Å². The largest absolute Gasteiger partial charge is 0.0496 e. The lowest BCUT2D eigenvalue weighted by atomic mass is 9.21. The van der Waals surface area contributed by atoms with Gasteiger partial charge in [0.1, 0.15) is 0 Å². The normalized spacial score (nSPS) is 80.0. The minimum atomic E-state index is 1.26. The number of fused-ring (bicyclic) bond motifs is 10. The van der Waals surface area contributed by atoms with Crippen molar-refractivity contribution in [3.05, 3.63) is 0 Å². The molecule has 0 bridgehead atoms. The van der Waals surface area contributed by atoms with Crippen molar-refractivity contribution in [3.63, 3.8) is 0 Å². The summed E-state index contributed by atoms with van der Waals surface area (Å²) in [5.74, 6) is 10.2. The zero-order chi connectivity index (χ0) is 7.45. The van der Waals surface area contributed by atoms with E-state index in [4.69, 9.17) is 0 Å². The van der Waals surface area contributed by atoms with Crippen LogP contribution in [0, 0.1) is 47.3 Å². The minimum absolute atomic E-state index is 1.26. The average molecular weight is 160 g/mol. The summed E-state index contributed by atoms with van der Waals surface area (Å²) in [6, 6.07) is 0. The quantitative estimate of drug-likeness (QED) is 0.478. The van der Waals surface area contributed by atoms with Crippen molar-refractivity contribution in [2.45, 2.75) is 25.7 Å². The maximum atomic E-state index is 1.62. The lowest BCUT2D eigenvalue weighted by Crippen LogP contribution is -2.79. The van der Waals surface area contributed by atoms with Crippen molar-refractivity contribution in [2.75, 3.05) is 0 Å². The third-order valence-corrected chi connectivity index (χ3v) is 6.52. The van der Waals surface area contributed by atoms with Gasteiger partial charge in [0.25, 0.3) is 0 Å². The first kappa shape index (κ1) is 5.67. The number of rotatable bonds is 0. The first-order valence-electron chi connectivity index (χ1n) is 5.97. The van der Waals surface area contributed by atoms with Crippen molar-refractivity contribution in [1.82, 2.24) is 0 Å². The van der Waals surface area contributed by atoms with Gasteiger partial charge in [-0.05, 0) is 73.0 Å².